The maximum Gasteiger partial charge on any atom is 0.171 e. The van der Waals surface area contributed by atoms with Gasteiger partial charge in [-0.25, -0.2) is 24.3 Å². The Morgan fingerprint density at radius 2 is 1.86 bits per heavy atom. The summed E-state index contributed by atoms with van der Waals surface area (Å²) >= 11 is 6.01. The van der Waals surface area contributed by atoms with E-state index in [1.807, 2.05) is 36.9 Å². The van der Waals surface area contributed by atoms with E-state index >= 15 is 0 Å². The summed E-state index contributed by atoms with van der Waals surface area (Å²) < 4.78 is 22.3. The van der Waals surface area contributed by atoms with Crippen LogP contribution in [0, 0.1) is 5.82 Å². The first-order valence-corrected chi connectivity index (χ1v) is 12.3. The van der Waals surface area contributed by atoms with Crippen molar-refractivity contribution in [3.8, 4) is 16.9 Å². The Morgan fingerprint density at radius 1 is 1.05 bits per heavy atom. The first-order valence-electron chi connectivity index (χ1n) is 11.9. The summed E-state index contributed by atoms with van der Waals surface area (Å²) in [5.41, 5.74) is 2.26. The number of nitrogens with one attached hydrogen (secondary N) is 1. The lowest BCUT2D eigenvalue weighted by Crippen LogP contribution is -2.28. The molecule has 6 rings (SSSR count). The summed E-state index contributed by atoms with van der Waals surface area (Å²) in [7, 11) is 0. The molecule has 186 valence electrons. The van der Waals surface area contributed by atoms with Crippen molar-refractivity contribution in [2.45, 2.75) is 38.3 Å². The van der Waals surface area contributed by atoms with E-state index < -0.39 is 11.4 Å². The molecule has 0 amide bonds. The van der Waals surface area contributed by atoms with Gasteiger partial charge in [0.05, 0.1) is 28.2 Å². The lowest BCUT2D eigenvalue weighted by Gasteiger charge is -2.26. The van der Waals surface area contributed by atoms with Gasteiger partial charge in [-0.05, 0) is 68.7 Å². The van der Waals surface area contributed by atoms with E-state index in [0.29, 0.717) is 40.0 Å². The van der Waals surface area contributed by atoms with Crippen LogP contribution in [0.15, 0.2) is 67.5 Å². The van der Waals surface area contributed by atoms with Gasteiger partial charge in [-0.2, -0.15) is 5.10 Å². The molecule has 0 spiro atoms. The smallest absolute Gasteiger partial charge is 0.171 e. The van der Waals surface area contributed by atoms with Crippen LogP contribution in [0.3, 0.4) is 0 Å². The maximum atomic E-state index is 13.7. The molecule has 0 aliphatic heterocycles. The molecule has 0 unspecified atom stereocenters. The number of hydrogen-bond acceptors (Lipinski definition) is 7. The number of nitrogens with zero attached hydrogens (tertiary/aromatic N) is 6. The third-order valence-electron chi connectivity index (χ3n) is 6.21. The molecule has 1 aliphatic rings. The zero-order valence-corrected chi connectivity index (χ0v) is 20.9. The van der Waals surface area contributed by atoms with Crippen LogP contribution in [0.25, 0.3) is 22.0 Å². The van der Waals surface area contributed by atoms with Gasteiger partial charge >= 0.3 is 0 Å². The monoisotopic (exact) mass is 515 g/mol. The maximum absolute atomic E-state index is 13.7. The zero-order chi connectivity index (χ0) is 25.6. The molecule has 1 aliphatic carbocycles. The van der Waals surface area contributed by atoms with Gasteiger partial charge < -0.3 is 10.1 Å². The highest BCUT2D eigenvalue weighted by atomic mass is 35.5. The minimum atomic E-state index is -0.864. The van der Waals surface area contributed by atoms with Gasteiger partial charge in [-0.15, -0.1) is 0 Å². The molecular formula is C27H23ClFN7O. The molecule has 1 saturated carbocycles. The number of halogens is 2. The molecular weight excluding hydrogens is 493 g/mol. The van der Waals surface area contributed by atoms with E-state index in [2.05, 4.69) is 36.5 Å². The molecule has 5 aromatic rings. The SMILES string of the molecule is CC(C)(Oc1cc(-c2cnn(C3CC3)c2)cc2ncnc(Nc3ccc(F)c(Cl)c3)c12)c1ncccn1. The van der Waals surface area contributed by atoms with Crippen molar-refractivity contribution < 1.29 is 9.13 Å². The summed E-state index contributed by atoms with van der Waals surface area (Å²) in [6.07, 6.45) is 11.0. The lowest BCUT2D eigenvalue weighted by atomic mass is 10.0. The molecule has 3 aromatic heterocycles. The molecule has 1 N–H and O–H groups in total. The van der Waals surface area contributed by atoms with E-state index in [1.54, 1.807) is 24.5 Å². The lowest BCUT2D eigenvalue weighted by molar-refractivity contribution is 0.101. The Balaban J connectivity index is 1.48. The van der Waals surface area contributed by atoms with Crippen LogP contribution in [-0.4, -0.2) is 29.7 Å². The molecule has 8 nitrogen and oxygen atoms in total. The van der Waals surface area contributed by atoms with Crippen molar-refractivity contribution in [2.24, 2.45) is 0 Å². The highest BCUT2D eigenvalue weighted by molar-refractivity contribution is 6.31. The van der Waals surface area contributed by atoms with Crippen LogP contribution in [0.4, 0.5) is 15.9 Å². The number of fused-ring (bicyclic) bond motifs is 1. The predicted octanol–water partition coefficient (Wildman–Crippen LogP) is 6.47. The van der Waals surface area contributed by atoms with E-state index in [1.165, 1.54) is 18.5 Å². The number of hydrogen-bond donors (Lipinski definition) is 1. The van der Waals surface area contributed by atoms with Crippen LogP contribution < -0.4 is 10.1 Å². The molecule has 2 aromatic carbocycles. The first-order chi connectivity index (χ1) is 17.9. The first kappa shape index (κ1) is 23.3. The second kappa shape index (κ2) is 9.08. The van der Waals surface area contributed by atoms with E-state index in [0.717, 1.165) is 24.0 Å². The minimum Gasteiger partial charge on any atom is -0.479 e. The summed E-state index contributed by atoms with van der Waals surface area (Å²) in [6, 6.07) is 10.6. The molecule has 1 fully saturated rings. The Hall–Kier alpha value is -4.11. The van der Waals surface area contributed by atoms with E-state index in [4.69, 9.17) is 16.3 Å². The number of ether oxygens (including phenoxy) is 1. The Bertz CT molecular complexity index is 1600. The Kier molecular flexibility index (Phi) is 5.72. The van der Waals surface area contributed by atoms with Crippen LogP contribution >= 0.6 is 11.6 Å². The molecule has 0 saturated heterocycles. The Morgan fingerprint density at radius 3 is 2.62 bits per heavy atom. The van der Waals surface area contributed by atoms with Crippen LogP contribution in [-0.2, 0) is 5.60 Å². The van der Waals surface area contributed by atoms with Gasteiger partial charge in [0.2, 0.25) is 0 Å². The summed E-state index contributed by atoms with van der Waals surface area (Å²) in [5.74, 6) is 1.07. The zero-order valence-electron chi connectivity index (χ0n) is 20.2. The molecule has 0 bridgehead atoms. The van der Waals surface area contributed by atoms with Gasteiger partial charge in [0.15, 0.2) is 11.4 Å². The summed E-state index contributed by atoms with van der Waals surface area (Å²) in [4.78, 5) is 17.8. The molecule has 37 heavy (non-hydrogen) atoms. The van der Waals surface area contributed by atoms with Gasteiger partial charge in [-0.3, -0.25) is 4.68 Å². The topological polar surface area (TPSA) is 90.6 Å². The van der Waals surface area contributed by atoms with Gasteiger partial charge in [0.25, 0.3) is 0 Å². The van der Waals surface area contributed by atoms with Crippen molar-refractivity contribution >= 4 is 34.0 Å². The number of aromatic nitrogens is 6. The third-order valence-corrected chi connectivity index (χ3v) is 6.50. The minimum absolute atomic E-state index is 0.0113. The van der Waals surface area contributed by atoms with Crippen LogP contribution in [0.5, 0.6) is 5.75 Å². The quantitative estimate of drug-likeness (QED) is 0.265. The van der Waals surface area contributed by atoms with Gasteiger partial charge in [-0.1, -0.05) is 11.6 Å². The van der Waals surface area contributed by atoms with Crippen LogP contribution in [0.1, 0.15) is 38.6 Å². The fourth-order valence-corrected chi connectivity index (χ4v) is 4.34. The van der Waals surface area contributed by atoms with Crippen LogP contribution in [0.2, 0.25) is 5.02 Å². The van der Waals surface area contributed by atoms with Crippen molar-refractivity contribution in [2.75, 3.05) is 5.32 Å². The van der Waals surface area contributed by atoms with E-state index in [-0.39, 0.29) is 5.02 Å². The average Bonchev–Trinajstić information content (AvgIpc) is 3.62. The molecule has 3 heterocycles. The second-order valence-electron chi connectivity index (χ2n) is 9.47. The second-order valence-corrected chi connectivity index (χ2v) is 9.88. The van der Waals surface area contributed by atoms with Crippen molar-refractivity contribution in [3.05, 3.63) is 84.2 Å². The predicted molar refractivity (Wildman–Crippen MR) is 139 cm³/mol. The third kappa shape index (κ3) is 4.70. The number of benzene rings is 2. The van der Waals surface area contributed by atoms with Crippen molar-refractivity contribution in [1.82, 2.24) is 29.7 Å². The summed E-state index contributed by atoms with van der Waals surface area (Å²) in [6.45, 7) is 3.81. The Labute approximate surface area is 217 Å². The highest BCUT2D eigenvalue weighted by Gasteiger charge is 2.29. The normalized spacial score (nSPS) is 13.6. The molecule has 10 heteroatoms. The average molecular weight is 516 g/mol. The van der Waals surface area contributed by atoms with E-state index in [9.17, 15) is 4.39 Å². The molecule has 0 atom stereocenters. The standard InChI is InChI=1S/C27H23ClFN7O/c1-27(2,26-30-8-3-9-31-26)37-23-11-16(17-13-34-36(14-17)19-5-6-19)10-22-24(23)25(33-15-32-22)35-18-4-7-21(29)20(28)12-18/h3-4,7-15,19H,5-6H2,1-2H3,(H,32,33,35). The number of rotatable bonds is 7. The van der Waals surface area contributed by atoms with Gasteiger partial charge in [0.1, 0.15) is 23.7 Å². The van der Waals surface area contributed by atoms with Crippen molar-refractivity contribution in [3.63, 3.8) is 0 Å². The highest BCUT2D eigenvalue weighted by Crippen LogP contribution is 2.40. The fraction of sp³-hybridized carbons (Fsp3) is 0.222. The largest absolute Gasteiger partial charge is 0.479 e. The van der Waals surface area contributed by atoms with Crippen molar-refractivity contribution in [1.29, 1.82) is 0 Å². The van der Waals surface area contributed by atoms with Gasteiger partial charge in [0, 0.05) is 29.8 Å². The molecule has 0 radical (unpaired) electrons. The number of anilines is 2. The fourth-order valence-electron chi connectivity index (χ4n) is 4.16. The summed E-state index contributed by atoms with van der Waals surface area (Å²) in [5, 5.41) is 8.45.